The van der Waals surface area contributed by atoms with Gasteiger partial charge in [-0.1, -0.05) is 0 Å². The second kappa shape index (κ2) is 6.03. The lowest BCUT2D eigenvalue weighted by Crippen LogP contribution is -2.13. The van der Waals surface area contributed by atoms with Crippen LogP contribution in [0.1, 0.15) is 12.8 Å². The van der Waals surface area contributed by atoms with Crippen LogP contribution in [0.15, 0.2) is 24.3 Å². The normalized spacial score (nSPS) is 9.73. The first-order valence-corrected chi connectivity index (χ1v) is 4.90. The van der Waals surface area contributed by atoms with Crippen molar-refractivity contribution in [1.29, 1.82) is 0 Å². The van der Waals surface area contributed by atoms with Gasteiger partial charge in [0, 0.05) is 12.1 Å². The number of methoxy groups -OCH3 is 1. The van der Waals surface area contributed by atoms with E-state index >= 15 is 0 Å². The minimum atomic E-state index is -0.00869. The average molecular weight is 208 g/mol. The summed E-state index contributed by atoms with van der Waals surface area (Å²) in [7, 11) is 1.61. The van der Waals surface area contributed by atoms with Crippen LogP contribution in [0.25, 0.3) is 0 Å². The standard InChI is InChI=1S/C11H16N2O2/c1-15-10-6-4-9(5-7-10)13-11(14)3-2-8-12/h4-7H,2-3,8,12H2,1H3,(H,13,14). The van der Waals surface area contributed by atoms with Crippen LogP contribution in [0.2, 0.25) is 0 Å². The van der Waals surface area contributed by atoms with Crippen LogP contribution < -0.4 is 15.8 Å². The van der Waals surface area contributed by atoms with Crippen LogP contribution in [0, 0.1) is 0 Å². The van der Waals surface area contributed by atoms with E-state index in [1.54, 1.807) is 31.4 Å². The van der Waals surface area contributed by atoms with Crippen LogP contribution in [-0.2, 0) is 4.79 Å². The first kappa shape index (κ1) is 11.5. The highest BCUT2D eigenvalue weighted by Gasteiger charge is 2.01. The molecule has 0 heterocycles. The average Bonchev–Trinajstić information content (AvgIpc) is 2.27. The Morgan fingerprint density at radius 2 is 2.07 bits per heavy atom. The number of carbonyl (C=O) groups is 1. The van der Waals surface area contributed by atoms with Crippen LogP contribution in [-0.4, -0.2) is 19.6 Å². The van der Waals surface area contributed by atoms with Crippen LogP contribution >= 0.6 is 0 Å². The molecule has 3 N–H and O–H groups in total. The molecule has 0 spiro atoms. The first-order chi connectivity index (χ1) is 7.26. The van der Waals surface area contributed by atoms with Crippen molar-refractivity contribution in [1.82, 2.24) is 0 Å². The quantitative estimate of drug-likeness (QED) is 0.768. The summed E-state index contributed by atoms with van der Waals surface area (Å²) in [5.41, 5.74) is 6.09. The van der Waals surface area contributed by atoms with Crippen molar-refractivity contribution in [3.05, 3.63) is 24.3 Å². The first-order valence-electron chi connectivity index (χ1n) is 4.90. The Bertz CT molecular complexity index is 309. The summed E-state index contributed by atoms with van der Waals surface area (Å²) in [5, 5.41) is 2.78. The number of nitrogens with two attached hydrogens (primary N) is 1. The smallest absolute Gasteiger partial charge is 0.224 e. The molecule has 0 bridgehead atoms. The van der Waals surface area contributed by atoms with Gasteiger partial charge in [0.15, 0.2) is 0 Å². The van der Waals surface area contributed by atoms with E-state index in [-0.39, 0.29) is 5.91 Å². The number of amides is 1. The number of benzene rings is 1. The highest BCUT2D eigenvalue weighted by Crippen LogP contribution is 2.15. The molecule has 0 radical (unpaired) electrons. The van der Waals surface area contributed by atoms with Gasteiger partial charge >= 0.3 is 0 Å². The van der Waals surface area contributed by atoms with Gasteiger partial charge in [-0.3, -0.25) is 4.79 Å². The molecule has 1 rings (SSSR count). The fourth-order valence-corrected chi connectivity index (χ4v) is 1.16. The zero-order valence-electron chi connectivity index (χ0n) is 8.82. The third-order valence-electron chi connectivity index (χ3n) is 1.98. The number of hydrogen-bond donors (Lipinski definition) is 2. The van der Waals surface area contributed by atoms with Crippen molar-refractivity contribution in [2.24, 2.45) is 5.73 Å². The summed E-state index contributed by atoms with van der Waals surface area (Å²) in [5.74, 6) is 0.764. The summed E-state index contributed by atoms with van der Waals surface area (Å²) >= 11 is 0. The summed E-state index contributed by atoms with van der Waals surface area (Å²) in [4.78, 5) is 11.3. The summed E-state index contributed by atoms with van der Waals surface area (Å²) in [6.45, 7) is 0.538. The molecule has 82 valence electrons. The minimum Gasteiger partial charge on any atom is -0.497 e. The molecule has 0 aromatic heterocycles. The van der Waals surface area contributed by atoms with Gasteiger partial charge < -0.3 is 15.8 Å². The molecular weight excluding hydrogens is 192 g/mol. The maximum absolute atomic E-state index is 11.3. The van der Waals surface area contributed by atoms with E-state index in [1.165, 1.54) is 0 Å². The second-order valence-corrected chi connectivity index (χ2v) is 3.17. The Hall–Kier alpha value is -1.55. The van der Waals surface area contributed by atoms with Crippen LogP contribution in [0.3, 0.4) is 0 Å². The molecule has 1 aromatic carbocycles. The second-order valence-electron chi connectivity index (χ2n) is 3.17. The molecule has 0 atom stereocenters. The molecule has 0 fully saturated rings. The van der Waals surface area contributed by atoms with Gasteiger partial charge in [0.25, 0.3) is 0 Å². The zero-order chi connectivity index (χ0) is 11.1. The number of nitrogens with one attached hydrogen (secondary N) is 1. The van der Waals surface area contributed by atoms with Crippen molar-refractivity contribution in [3.8, 4) is 5.75 Å². The molecule has 15 heavy (non-hydrogen) atoms. The number of anilines is 1. The monoisotopic (exact) mass is 208 g/mol. The number of rotatable bonds is 5. The van der Waals surface area contributed by atoms with E-state index < -0.39 is 0 Å². The van der Waals surface area contributed by atoms with E-state index in [0.717, 1.165) is 11.4 Å². The van der Waals surface area contributed by atoms with E-state index in [2.05, 4.69) is 5.32 Å². The van der Waals surface area contributed by atoms with E-state index in [1.807, 2.05) is 0 Å². The Kier molecular flexibility index (Phi) is 4.63. The third-order valence-corrected chi connectivity index (χ3v) is 1.98. The summed E-state index contributed by atoms with van der Waals surface area (Å²) < 4.78 is 5.01. The van der Waals surface area contributed by atoms with Crippen molar-refractivity contribution in [2.45, 2.75) is 12.8 Å². The Morgan fingerprint density at radius 1 is 1.40 bits per heavy atom. The van der Waals surface area contributed by atoms with Gasteiger partial charge in [-0.2, -0.15) is 0 Å². The lowest BCUT2D eigenvalue weighted by atomic mass is 10.2. The fourth-order valence-electron chi connectivity index (χ4n) is 1.16. The van der Waals surface area contributed by atoms with E-state index in [4.69, 9.17) is 10.5 Å². The molecule has 0 unspecified atom stereocenters. The number of ether oxygens (including phenoxy) is 1. The molecule has 4 nitrogen and oxygen atoms in total. The number of hydrogen-bond acceptors (Lipinski definition) is 3. The predicted octanol–water partition coefficient (Wildman–Crippen LogP) is 1.37. The van der Waals surface area contributed by atoms with Crippen LogP contribution in [0.4, 0.5) is 5.69 Å². The Labute approximate surface area is 89.4 Å². The molecule has 4 heteroatoms. The van der Waals surface area contributed by atoms with Gasteiger partial charge in [0.1, 0.15) is 5.75 Å². The molecular formula is C11H16N2O2. The highest BCUT2D eigenvalue weighted by molar-refractivity contribution is 5.90. The summed E-state index contributed by atoms with van der Waals surface area (Å²) in [6.07, 6.45) is 1.17. The molecule has 0 aliphatic rings. The van der Waals surface area contributed by atoms with E-state index in [0.29, 0.717) is 19.4 Å². The maximum atomic E-state index is 11.3. The highest BCUT2D eigenvalue weighted by atomic mass is 16.5. The van der Waals surface area contributed by atoms with E-state index in [9.17, 15) is 4.79 Å². The third kappa shape index (κ3) is 3.99. The molecule has 1 aromatic rings. The molecule has 0 aliphatic heterocycles. The van der Waals surface area contributed by atoms with Crippen molar-refractivity contribution < 1.29 is 9.53 Å². The minimum absolute atomic E-state index is 0.00869. The van der Waals surface area contributed by atoms with Crippen LogP contribution in [0.5, 0.6) is 5.75 Å². The SMILES string of the molecule is COc1ccc(NC(=O)CCCN)cc1. The topological polar surface area (TPSA) is 64.3 Å². The number of carbonyl (C=O) groups excluding carboxylic acids is 1. The van der Waals surface area contributed by atoms with Gasteiger partial charge in [-0.05, 0) is 37.2 Å². The largest absolute Gasteiger partial charge is 0.497 e. The maximum Gasteiger partial charge on any atom is 0.224 e. The molecule has 0 saturated carbocycles. The summed E-state index contributed by atoms with van der Waals surface area (Å²) in [6, 6.07) is 7.22. The zero-order valence-corrected chi connectivity index (χ0v) is 8.82. The van der Waals surface area contributed by atoms with Gasteiger partial charge in [-0.15, -0.1) is 0 Å². The lowest BCUT2D eigenvalue weighted by Gasteiger charge is -2.05. The Balaban J connectivity index is 2.46. The van der Waals surface area contributed by atoms with Crippen molar-refractivity contribution in [3.63, 3.8) is 0 Å². The van der Waals surface area contributed by atoms with Crippen molar-refractivity contribution >= 4 is 11.6 Å². The molecule has 0 saturated heterocycles. The van der Waals surface area contributed by atoms with Gasteiger partial charge in [0.2, 0.25) is 5.91 Å². The molecule has 0 aliphatic carbocycles. The van der Waals surface area contributed by atoms with Crippen molar-refractivity contribution in [2.75, 3.05) is 19.0 Å². The Morgan fingerprint density at radius 3 is 2.60 bits per heavy atom. The predicted molar refractivity (Wildman–Crippen MR) is 59.9 cm³/mol. The fraction of sp³-hybridized carbons (Fsp3) is 0.364. The lowest BCUT2D eigenvalue weighted by molar-refractivity contribution is -0.116. The van der Waals surface area contributed by atoms with Gasteiger partial charge in [0.05, 0.1) is 7.11 Å². The van der Waals surface area contributed by atoms with Gasteiger partial charge in [-0.25, -0.2) is 0 Å². The molecule has 1 amide bonds.